The summed E-state index contributed by atoms with van der Waals surface area (Å²) in [4.78, 5) is 12.0. The van der Waals surface area contributed by atoms with E-state index in [0.717, 1.165) is 12.1 Å². The summed E-state index contributed by atoms with van der Waals surface area (Å²) in [5, 5.41) is 2.82. The molecule has 2 aromatic rings. The van der Waals surface area contributed by atoms with E-state index < -0.39 is 11.6 Å². The summed E-state index contributed by atoms with van der Waals surface area (Å²) in [6, 6.07) is 3.29. The maximum Gasteiger partial charge on any atom is 0.274 e. The van der Waals surface area contributed by atoms with Crippen molar-refractivity contribution in [3.8, 4) is 5.69 Å². The average Bonchev–Trinajstić information content (AvgIpc) is 2.61. The highest BCUT2D eigenvalue weighted by Gasteiger charge is 2.12. The summed E-state index contributed by atoms with van der Waals surface area (Å²) < 4.78 is 27.1. The van der Waals surface area contributed by atoms with Gasteiger partial charge in [-0.3, -0.25) is 9.89 Å². The third kappa shape index (κ3) is 2.06. The lowest BCUT2D eigenvalue weighted by Gasteiger charge is -2.01. The number of halogens is 2. The molecule has 18 heavy (non-hydrogen) atoms. The van der Waals surface area contributed by atoms with E-state index in [1.807, 2.05) is 0 Å². The molecular formula is C12H13F2N3O. The van der Waals surface area contributed by atoms with Gasteiger partial charge < -0.3 is 5.73 Å². The summed E-state index contributed by atoms with van der Waals surface area (Å²) in [7, 11) is 0. The van der Waals surface area contributed by atoms with Gasteiger partial charge in [-0.05, 0) is 32.0 Å². The van der Waals surface area contributed by atoms with E-state index in [0.29, 0.717) is 24.2 Å². The first-order valence-electron chi connectivity index (χ1n) is 5.50. The summed E-state index contributed by atoms with van der Waals surface area (Å²) in [6.07, 6.45) is 0.442. The Labute approximate surface area is 102 Å². The van der Waals surface area contributed by atoms with Crippen LogP contribution in [-0.4, -0.2) is 16.3 Å². The van der Waals surface area contributed by atoms with Crippen LogP contribution in [0.2, 0.25) is 0 Å². The molecule has 0 saturated carbocycles. The number of nitrogens with two attached hydrogens (primary N) is 1. The zero-order chi connectivity index (χ0) is 13.3. The van der Waals surface area contributed by atoms with E-state index in [9.17, 15) is 13.6 Å². The van der Waals surface area contributed by atoms with Crippen molar-refractivity contribution < 1.29 is 8.78 Å². The Balaban J connectivity index is 2.54. The molecule has 0 aliphatic carbocycles. The van der Waals surface area contributed by atoms with Gasteiger partial charge in [0, 0.05) is 17.3 Å². The van der Waals surface area contributed by atoms with Gasteiger partial charge >= 0.3 is 0 Å². The topological polar surface area (TPSA) is 63.8 Å². The molecule has 0 bridgehead atoms. The number of rotatable bonds is 3. The van der Waals surface area contributed by atoms with Gasteiger partial charge in [0.15, 0.2) is 11.6 Å². The van der Waals surface area contributed by atoms with Crippen molar-refractivity contribution in [1.29, 1.82) is 0 Å². The molecule has 0 fully saturated rings. The predicted octanol–water partition coefficient (Wildman–Crippen LogP) is 1.25. The van der Waals surface area contributed by atoms with Crippen LogP contribution in [0.4, 0.5) is 8.78 Å². The Bertz CT molecular complexity index is 631. The minimum Gasteiger partial charge on any atom is -0.330 e. The highest BCUT2D eigenvalue weighted by atomic mass is 19.2. The van der Waals surface area contributed by atoms with E-state index in [1.165, 1.54) is 10.7 Å². The van der Waals surface area contributed by atoms with Gasteiger partial charge in [-0.15, -0.1) is 0 Å². The summed E-state index contributed by atoms with van der Waals surface area (Å²) in [5.74, 6) is -1.94. The first-order valence-corrected chi connectivity index (χ1v) is 5.50. The van der Waals surface area contributed by atoms with E-state index in [4.69, 9.17) is 5.73 Å². The van der Waals surface area contributed by atoms with Crippen molar-refractivity contribution in [2.24, 2.45) is 5.73 Å². The molecule has 1 heterocycles. The van der Waals surface area contributed by atoms with E-state index in [-0.39, 0.29) is 11.2 Å². The minimum atomic E-state index is -0.993. The van der Waals surface area contributed by atoms with Crippen molar-refractivity contribution in [3.05, 3.63) is 51.4 Å². The number of hydrogen-bond donors (Lipinski definition) is 2. The first kappa shape index (κ1) is 12.5. The lowest BCUT2D eigenvalue weighted by Crippen LogP contribution is -2.19. The van der Waals surface area contributed by atoms with Crippen LogP contribution in [0.25, 0.3) is 5.69 Å². The molecule has 0 radical (unpaired) electrons. The van der Waals surface area contributed by atoms with Crippen LogP contribution < -0.4 is 11.3 Å². The molecule has 0 atom stereocenters. The molecule has 0 spiro atoms. The summed E-state index contributed by atoms with van der Waals surface area (Å²) >= 11 is 0. The van der Waals surface area contributed by atoms with Crippen LogP contribution in [0, 0.1) is 18.6 Å². The van der Waals surface area contributed by atoms with E-state index >= 15 is 0 Å². The molecule has 0 aliphatic heterocycles. The van der Waals surface area contributed by atoms with Crippen LogP contribution in [0.1, 0.15) is 11.3 Å². The Kier molecular flexibility index (Phi) is 3.29. The maximum atomic E-state index is 13.1. The van der Waals surface area contributed by atoms with Crippen molar-refractivity contribution >= 4 is 0 Å². The number of H-pyrrole nitrogens is 1. The van der Waals surface area contributed by atoms with Gasteiger partial charge in [0.25, 0.3) is 5.56 Å². The van der Waals surface area contributed by atoms with Gasteiger partial charge in [0.2, 0.25) is 0 Å². The Morgan fingerprint density at radius 1 is 1.33 bits per heavy atom. The van der Waals surface area contributed by atoms with Gasteiger partial charge in [-0.25, -0.2) is 13.5 Å². The minimum absolute atomic E-state index is 0.255. The second-order valence-electron chi connectivity index (χ2n) is 3.99. The molecule has 2 rings (SSSR count). The Morgan fingerprint density at radius 3 is 2.67 bits per heavy atom. The molecule has 1 aromatic carbocycles. The van der Waals surface area contributed by atoms with Crippen molar-refractivity contribution in [2.45, 2.75) is 13.3 Å². The van der Waals surface area contributed by atoms with Gasteiger partial charge in [0.1, 0.15) is 0 Å². The molecular weight excluding hydrogens is 240 g/mol. The second kappa shape index (κ2) is 4.73. The number of nitrogens with one attached hydrogen (secondary N) is 1. The van der Waals surface area contributed by atoms with Crippen molar-refractivity contribution in [3.63, 3.8) is 0 Å². The highest BCUT2D eigenvalue weighted by Crippen LogP contribution is 2.12. The third-order valence-electron chi connectivity index (χ3n) is 2.75. The van der Waals surface area contributed by atoms with Crippen molar-refractivity contribution in [1.82, 2.24) is 9.78 Å². The molecule has 1 aromatic heterocycles. The number of aromatic nitrogens is 2. The average molecular weight is 253 g/mol. The Hall–Kier alpha value is -1.95. The highest BCUT2D eigenvalue weighted by molar-refractivity contribution is 5.34. The van der Waals surface area contributed by atoms with E-state index in [2.05, 4.69) is 5.10 Å². The predicted molar refractivity (Wildman–Crippen MR) is 63.8 cm³/mol. The van der Waals surface area contributed by atoms with Crippen LogP contribution >= 0.6 is 0 Å². The first-order chi connectivity index (χ1) is 8.54. The quantitative estimate of drug-likeness (QED) is 0.864. The fourth-order valence-corrected chi connectivity index (χ4v) is 1.83. The molecule has 0 unspecified atom stereocenters. The standard InChI is InChI=1S/C12H13F2N3O/c1-7-9(4-5-15)12(18)17(16-7)8-2-3-10(13)11(14)6-8/h2-3,6,16H,4-5,15H2,1H3. The molecule has 96 valence electrons. The number of hydrogen-bond acceptors (Lipinski definition) is 2. The molecule has 4 nitrogen and oxygen atoms in total. The van der Waals surface area contributed by atoms with E-state index in [1.54, 1.807) is 6.92 Å². The molecule has 0 saturated heterocycles. The monoisotopic (exact) mass is 253 g/mol. The number of aryl methyl sites for hydroxylation is 1. The van der Waals surface area contributed by atoms with Crippen LogP contribution in [0.5, 0.6) is 0 Å². The fourth-order valence-electron chi connectivity index (χ4n) is 1.83. The van der Waals surface area contributed by atoms with Gasteiger partial charge in [-0.1, -0.05) is 0 Å². The largest absolute Gasteiger partial charge is 0.330 e. The lowest BCUT2D eigenvalue weighted by molar-refractivity contribution is 0.507. The molecule has 3 N–H and O–H groups in total. The molecule has 6 heteroatoms. The van der Waals surface area contributed by atoms with Crippen LogP contribution in [-0.2, 0) is 6.42 Å². The molecule has 0 amide bonds. The lowest BCUT2D eigenvalue weighted by atomic mass is 10.2. The SMILES string of the molecule is Cc1[nH]n(-c2ccc(F)c(F)c2)c(=O)c1CCN. The van der Waals surface area contributed by atoms with Gasteiger partial charge in [-0.2, -0.15) is 0 Å². The number of benzene rings is 1. The van der Waals surface area contributed by atoms with Gasteiger partial charge in [0.05, 0.1) is 5.69 Å². The second-order valence-corrected chi connectivity index (χ2v) is 3.99. The normalized spacial score (nSPS) is 10.9. The van der Waals surface area contributed by atoms with Crippen LogP contribution in [0.3, 0.4) is 0 Å². The number of aromatic amines is 1. The molecule has 0 aliphatic rings. The smallest absolute Gasteiger partial charge is 0.274 e. The fraction of sp³-hybridized carbons (Fsp3) is 0.250. The zero-order valence-electron chi connectivity index (χ0n) is 9.84. The summed E-state index contributed by atoms with van der Waals surface area (Å²) in [5.41, 5.74) is 6.62. The number of nitrogens with zero attached hydrogens (tertiary/aromatic N) is 1. The summed E-state index contributed by atoms with van der Waals surface area (Å²) in [6.45, 7) is 2.09. The maximum absolute atomic E-state index is 13.1. The van der Waals surface area contributed by atoms with Crippen LogP contribution in [0.15, 0.2) is 23.0 Å². The Morgan fingerprint density at radius 2 is 2.06 bits per heavy atom. The third-order valence-corrected chi connectivity index (χ3v) is 2.75. The van der Waals surface area contributed by atoms with Crippen molar-refractivity contribution in [2.75, 3.05) is 6.54 Å². The zero-order valence-corrected chi connectivity index (χ0v) is 9.84.